The lowest BCUT2D eigenvalue weighted by Gasteiger charge is -2.22. The van der Waals surface area contributed by atoms with Gasteiger partial charge in [0.15, 0.2) is 11.8 Å². The van der Waals surface area contributed by atoms with Gasteiger partial charge in [-0.25, -0.2) is 4.99 Å². The first-order valence-corrected chi connectivity index (χ1v) is 10.8. The van der Waals surface area contributed by atoms with Crippen molar-refractivity contribution < 1.29 is 9.47 Å². The molecular formula is C20H37IN6O2. The molecule has 8 nitrogen and oxygen atoms in total. The Morgan fingerprint density at radius 2 is 2.00 bits per heavy atom. The predicted octanol–water partition coefficient (Wildman–Crippen LogP) is 2.70. The van der Waals surface area contributed by atoms with Crippen molar-refractivity contribution in [3.05, 3.63) is 11.6 Å². The first-order chi connectivity index (χ1) is 13.7. The van der Waals surface area contributed by atoms with Crippen LogP contribution in [0.15, 0.2) is 4.99 Å². The average Bonchev–Trinajstić information content (AvgIpc) is 3.35. The molecule has 2 heterocycles. The molecule has 0 spiro atoms. The lowest BCUT2D eigenvalue weighted by Crippen LogP contribution is -2.41. The number of aryl methyl sites for hydroxylation is 1. The first-order valence-electron chi connectivity index (χ1n) is 10.8. The quantitative estimate of drug-likeness (QED) is 0.226. The Morgan fingerprint density at radius 1 is 1.17 bits per heavy atom. The zero-order valence-corrected chi connectivity index (χ0v) is 20.2. The van der Waals surface area contributed by atoms with Gasteiger partial charge < -0.3 is 24.7 Å². The fourth-order valence-electron chi connectivity index (χ4n) is 3.69. The maximum absolute atomic E-state index is 6.01. The second-order valence-corrected chi connectivity index (χ2v) is 7.81. The maximum Gasteiger partial charge on any atom is 0.191 e. The zero-order valence-electron chi connectivity index (χ0n) is 17.9. The molecule has 0 aromatic carbocycles. The number of rotatable bonds is 9. The Hall–Kier alpha value is -0.940. The van der Waals surface area contributed by atoms with E-state index in [9.17, 15) is 0 Å². The zero-order chi connectivity index (χ0) is 19.6. The second kappa shape index (κ2) is 13.4. The summed E-state index contributed by atoms with van der Waals surface area (Å²) in [7, 11) is 1.97. The number of aromatic nitrogens is 3. The van der Waals surface area contributed by atoms with Crippen molar-refractivity contribution in [2.24, 2.45) is 12.0 Å². The van der Waals surface area contributed by atoms with Gasteiger partial charge in [0, 0.05) is 33.4 Å². The van der Waals surface area contributed by atoms with Gasteiger partial charge in [-0.15, -0.1) is 34.2 Å². The van der Waals surface area contributed by atoms with Crippen LogP contribution >= 0.6 is 24.0 Å². The minimum atomic E-state index is 0. The highest BCUT2D eigenvalue weighted by Gasteiger charge is 2.16. The first kappa shape index (κ1) is 24.3. The molecule has 1 saturated heterocycles. The van der Waals surface area contributed by atoms with Gasteiger partial charge in [0.05, 0.1) is 12.2 Å². The number of hydrogen-bond donors (Lipinski definition) is 2. The summed E-state index contributed by atoms with van der Waals surface area (Å²) in [6.45, 7) is 5.73. The molecule has 2 fully saturated rings. The molecule has 1 unspecified atom stereocenters. The van der Waals surface area contributed by atoms with Crippen LogP contribution in [-0.2, 0) is 23.1 Å². The lowest BCUT2D eigenvalue weighted by molar-refractivity contribution is 0.0277. The Bertz CT molecular complexity index is 612. The van der Waals surface area contributed by atoms with Gasteiger partial charge in [-0.05, 0) is 39.0 Å². The van der Waals surface area contributed by atoms with Crippen LogP contribution < -0.4 is 10.6 Å². The van der Waals surface area contributed by atoms with E-state index in [1.807, 2.05) is 18.5 Å². The number of halogens is 1. The van der Waals surface area contributed by atoms with Crippen molar-refractivity contribution in [3.8, 4) is 0 Å². The number of nitrogens with one attached hydrogen (secondary N) is 2. The Morgan fingerprint density at radius 3 is 2.69 bits per heavy atom. The largest absolute Gasteiger partial charge is 0.378 e. The fourth-order valence-corrected chi connectivity index (χ4v) is 3.69. The second-order valence-electron chi connectivity index (χ2n) is 7.81. The summed E-state index contributed by atoms with van der Waals surface area (Å²) in [5, 5.41) is 15.1. The van der Waals surface area contributed by atoms with Crippen molar-refractivity contribution in [1.82, 2.24) is 25.4 Å². The molecule has 166 valence electrons. The molecule has 29 heavy (non-hydrogen) atoms. The van der Waals surface area contributed by atoms with E-state index in [2.05, 4.69) is 20.8 Å². The van der Waals surface area contributed by atoms with E-state index >= 15 is 0 Å². The van der Waals surface area contributed by atoms with E-state index in [0.29, 0.717) is 12.6 Å². The van der Waals surface area contributed by atoms with Crippen molar-refractivity contribution in [1.29, 1.82) is 0 Å². The van der Waals surface area contributed by atoms with Gasteiger partial charge in [0.1, 0.15) is 12.4 Å². The number of ether oxygens (including phenoxy) is 2. The molecule has 2 aliphatic rings. The van der Waals surface area contributed by atoms with Gasteiger partial charge in [-0.3, -0.25) is 0 Å². The van der Waals surface area contributed by atoms with Crippen LogP contribution in [0, 0.1) is 6.92 Å². The highest BCUT2D eigenvalue weighted by Crippen LogP contribution is 2.20. The molecule has 0 bridgehead atoms. The smallest absolute Gasteiger partial charge is 0.191 e. The summed E-state index contributed by atoms with van der Waals surface area (Å²) < 4.78 is 13.7. The third kappa shape index (κ3) is 8.37. The van der Waals surface area contributed by atoms with E-state index in [1.54, 1.807) is 0 Å². The molecule has 1 aliphatic heterocycles. The molecule has 2 N–H and O–H groups in total. The molecular weight excluding hydrogens is 483 g/mol. The molecule has 9 heteroatoms. The minimum Gasteiger partial charge on any atom is -0.378 e. The predicted molar refractivity (Wildman–Crippen MR) is 125 cm³/mol. The molecule has 1 aromatic heterocycles. The van der Waals surface area contributed by atoms with Crippen LogP contribution in [-0.4, -0.2) is 59.2 Å². The van der Waals surface area contributed by atoms with E-state index in [-0.39, 0.29) is 30.1 Å². The standard InChI is InChI=1S/C20H36N6O2.HI/c1-16-24-25-19(26(16)2)15-23-20(22-14-18-10-6-12-28-18)21-11-7-13-27-17-8-4-3-5-9-17;/h17-18H,3-15H2,1-2H3,(H2,21,22,23);1H. The molecule has 1 aromatic rings. The van der Waals surface area contributed by atoms with Crippen LogP contribution in [0.5, 0.6) is 0 Å². The number of nitrogens with zero attached hydrogens (tertiary/aromatic N) is 4. The average molecular weight is 520 g/mol. The number of hydrogen-bond acceptors (Lipinski definition) is 5. The van der Waals surface area contributed by atoms with E-state index in [1.165, 1.54) is 32.1 Å². The molecule has 0 radical (unpaired) electrons. The van der Waals surface area contributed by atoms with Crippen molar-refractivity contribution >= 4 is 29.9 Å². The third-order valence-corrected chi connectivity index (χ3v) is 5.60. The molecule has 3 rings (SSSR count). The van der Waals surface area contributed by atoms with Gasteiger partial charge in [0.2, 0.25) is 0 Å². The minimum absolute atomic E-state index is 0. The van der Waals surface area contributed by atoms with Crippen LogP contribution in [0.2, 0.25) is 0 Å². The van der Waals surface area contributed by atoms with Crippen LogP contribution in [0.4, 0.5) is 0 Å². The monoisotopic (exact) mass is 520 g/mol. The lowest BCUT2D eigenvalue weighted by atomic mass is 9.98. The summed E-state index contributed by atoms with van der Waals surface area (Å²) in [5.41, 5.74) is 0. The number of aliphatic imine (C=N–C) groups is 1. The van der Waals surface area contributed by atoms with Crippen LogP contribution in [0.1, 0.15) is 63.0 Å². The fraction of sp³-hybridized carbons (Fsp3) is 0.850. The van der Waals surface area contributed by atoms with Gasteiger partial charge in [-0.1, -0.05) is 19.3 Å². The summed E-state index contributed by atoms with van der Waals surface area (Å²) in [4.78, 5) is 4.69. The normalized spacial score (nSPS) is 20.5. The van der Waals surface area contributed by atoms with E-state index < -0.39 is 0 Å². The topological polar surface area (TPSA) is 85.6 Å². The van der Waals surface area contributed by atoms with E-state index in [0.717, 1.165) is 63.2 Å². The van der Waals surface area contributed by atoms with Crippen LogP contribution in [0.3, 0.4) is 0 Å². The summed E-state index contributed by atoms with van der Waals surface area (Å²) >= 11 is 0. The van der Waals surface area contributed by atoms with E-state index in [4.69, 9.17) is 14.5 Å². The van der Waals surface area contributed by atoms with Gasteiger partial charge >= 0.3 is 0 Å². The van der Waals surface area contributed by atoms with Crippen LogP contribution in [0.25, 0.3) is 0 Å². The van der Waals surface area contributed by atoms with Crippen molar-refractivity contribution in [2.75, 3.05) is 26.3 Å². The molecule has 1 aliphatic carbocycles. The Balaban J connectivity index is 0.00000300. The summed E-state index contributed by atoms with van der Waals surface area (Å²) in [5.74, 6) is 2.55. The van der Waals surface area contributed by atoms with Gasteiger partial charge in [0.25, 0.3) is 0 Å². The van der Waals surface area contributed by atoms with Crippen molar-refractivity contribution in [3.63, 3.8) is 0 Å². The summed E-state index contributed by atoms with van der Waals surface area (Å²) in [6.07, 6.45) is 10.4. The summed E-state index contributed by atoms with van der Waals surface area (Å²) in [6, 6.07) is 0. The highest BCUT2D eigenvalue weighted by atomic mass is 127. The third-order valence-electron chi connectivity index (χ3n) is 5.60. The Labute approximate surface area is 191 Å². The maximum atomic E-state index is 6.01. The highest BCUT2D eigenvalue weighted by molar-refractivity contribution is 14.0. The number of guanidine groups is 1. The Kier molecular flexibility index (Phi) is 11.2. The SMILES string of the molecule is Cc1nnc(CN=C(NCCCOC2CCCCC2)NCC2CCCO2)n1C.I. The molecule has 1 saturated carbocycles. The molecule has 1 atom stereocenters. The van der Waals surface area contributed by atoms with Crippen molar-refractivity contribution in [2.45, 2.75) is 77.0 Å². The molecule has 0 amide bonds. The van der Waals surface area contributed by atoms with Gasteiger partial charge in [-0.2, -0.15) is 0 Å².